The molecule has 5 nitrogen and oxygen atoms in total. The van der Waals surface area contributed by atoms with Crippen LogP contribution >= 0.6 is 11.3 Å². The van der Waals surface area contributed by atoms with E-state index in [0.29, 0.717) is 11.3 Å². The summed E-state index contributed by atoms with van der Waals surface area (Å²) in [6.07, 6.45) is 1.33. The Morgan fingerprint density at radius 3 is 2.70 bits per heavy atom. The summed E-state index contributed by atoms with van der Waals surface area (Å²) >= 11 is 1.67. The Morgan fingerprint density at radius 1 is 1.11 bits per heavy atom. The Bertz CT molecular complexity index is 1190. The number of nitrogens with one attached hydrogen (secondary N) is 2. The van der Waals surface area contributed by atoms with E-state index in [1.165, 1.54) is 23.5 Å². The number of H-pyrrole nitrogens is 1. The van der Waals surface area contributed by atoms with Gasteiger partial charge >= 0.3 is 0 Å². The second-order valence-electron chi connectivity index (χ2n) is 6.26. The highest BCUT2D eigenvalue weighted by atomic mass is 32.1. The Balaban J connectivity index is 1.69. The minimum Gasteiger partial charge on any atom is -0.346 e. The van der Waals surface area contributed by atoms with Gasteiger partial charge in [-0.15, -0.1) is 0 Å². The number of aromatic nitrogens is 2. The third-order valence-electron chi connectivity index (χ3n) is 4.48. The third kappa shape index (κ3) is 3.39. The maximum atomic E-state index is 12.8. The lowest BCUT2D eigenvalue weighted by molar-refractivity contribution is 0.0952. The van der Waals surface area contributed by atoms with Gasteiger partial charge in [-0.2, -0.15) is 11.3 Å². The van der Waals surface area contributed by atoms with Crippen LogP contribution < -0.4 is 10.9 Å². The van der Waals surface area contributed by atoms with E-state index in [-0.39, 0.29) is 18.0 Å². The lowest BCUT2D eigenvalue weighted by atomic mass is 9.95. The highest BCUT2D eigenvalue weighted by Gasteiger charge is 2.13. The molecule has 0 aliphatic rings. The van der Waals surface area contributed by atoms with Gasteiger partial charge in [-0.25, -0.2) is 4.98 Å². The number of carbonyl (C=O) groups is 1. The molecule has 4 rings (SSSR count). The highest BCUT2D eigenvalue weighted by Crippen LogP contribution is 2.34. The number of aryl methyl sites for hydroxylation is 1. The minimum atomic E-state index is -0.241. The summed E-state index contributed by atoms with van der Waals surface area (Å²) in [5.41, 5.74) is 4.42. The summed E-state index contributed by atoms with van der Waals surface area (Å²) in [6, 6.07) is 13.1. The number of carbonyl (C=O) groups excluding carboxylic acids is 1. The molecular formula is C21H17N3O2S. The van der Waals surface area contributed by atoms with Gasteiger partial charge in [-0.1, -0.05) is 30.3 Å². The zero-order valence-corrected chi connectivity index (χ0v) is 15.5. The van der Waals surface area contributed by atoms with Gasteiger partial charge in [0, 0.05) is 11.6 Å². The largest absolute Gasteiger partial charge is 0.346 e. The maximum absolute atomic E-state index is 12.8. The Hall–Kier alpha value is -3.25. The van der Waals surface area contributed by atoms with Crippen molar-refractivity contribution in [3.05, 3.63) is 86.7 Å². The van der Waals surface area contributed by atoms with Crippen LogP contribution in [0.5, 0.6) is 0 Å². The van der Waals surface area contributed by atoms with Crippen LogP contribution in [-0.2, 0) is 6.54 Å². The van der Waals surface area contributed by atoms with Crippen molar-refractivity contribution in [2.45, 2.75) is 13.5 Å². The first kappa shape index (κ1) is 17.2. The fourth-order valence-corrected chi connectivity index (χ4v) is 4.00. The van der Waals surface area contributed by atoms with Crippen molar-refractivity contribution >= 4 is 28.0 Å². The smallest absolute Gasteiger partial charge is 0.252 e. The van der Waals surface area contributed by atoms with Crippen molar-refractivity contribution in [3.63, 3.8) is 0 Å². The first-order chi connectivity index (χ1) is 13.1. The van der Waals surface area contributed by atoms with Crippen molar-refractivity contribution in [3.8, 4) is 11.1 Å². The fraction of sp³-hybridized carbons (Fsp3) is 0.0952. The van der Waals surface area contributed by atoms with Crippen LogP contribution in [-0.4, -0.2) is 15.9 Å². The van der Waals surface area contributed by atoms with Crippen molar-refractivity contribution in [2.75, 3.05) is 0 Å². The zero-order chi connectivity index (χ0) is 18.8. The summed E-state index contributed by atoms with van der Waals surface area (Å²) in [6.45, 7) is 2.29. The monoisotopic (exact) mass is 375 g/mol. The quantitative estimate of drug-likeness (QED) is 0.568. The lowest BCUT2D eigenvalue weighted by Gasteiger charge is -2.11. The van der Waals surface area contributed by atoms with Crippen molar-refractivity contribution in [1.29, 1.82) is 0 Å². The summed E-state index contributed by atoms with van der Waals surface area (Å²) < 4.78 is 0. The van der Waals surface area contributed by atoms with Gasteiger partial charge in [-0.05, 0) is 51.2 Å². The van der Waals surface area contributed by atoms with Gasteiger partial charge in [0.1, 0.15) is 0 Å². The number of nitrogens with zero attached hydrogens (tertiary/aromatic N) is 1. The highest BCUT2D eigenvalue weighted by molar-refractivity contribution is 7.08. The number of hydrogen-bond donors (Lipinski definition) is 2. The number of amides is 1. The molecule has 0 aliphatic carbocycles. The van der Waals surface area contributed by atoms with Gasteiger partial charge in [0.2, 0.25) is 0 Å². The van der Waals surface area contributed by atoms with Crippen LogP contribution in [0.15, 0.2) is 64.3 Å². The van der Waals surface area contributed by atoms with Crippen LogP contribution in [0.3, 0.4) is 0 Å². The average molecular weight is 375 g/mol. The second kappa shape index (κ2) is 7.17. The minimum absolute atomic E-state index is 0.193. The normalized spacial score (nSPS) is 10.9. The fourth-order valence-electron chi connectivity index (χ4n) is 3.15. The molecule has 134 valence electrons. The lowest BCUT2D eigenvalue weighted by Crippen LogP contribution is -2.24. The van der Waals surface area contributed by atoms with Gasteiger partial charge in [0.25, 0.3) is 11.5 Å². The van der Waals surface area contributed by atoms with Gasteiger partial charge in [-0.3, -0.25) is 9.59 Å². The Kier molecular flexibility index (Phi) is 4.56. The summed E-state index contributed by atoms with van der Waals surface area (Å²) in [5.74, 6) is -0.193. The van der Waals surface area contributed by atoms with E-state index in [9.17, 15) is 9.59 Å². The first-order valence-corrected chi connectivity index (χ1v) is 9.44. The number of aromatic amines is 1. The Morgan fingerprint density at radius 2 is 1.93 bits per heavy atom. The summed E-state index contributed by atoms with van der Waals surface area (Å²) in [5, 5.41) is 9.05. The van der Waals surface area contributed by atoms with E-state index in [0.717, 1.165) is 16.3 Å². The van der Waals surface area contributed by atoms with E-state index in [1.807, 2.05) is 30.3 Å². The Labute approximate surface area is 159 Å². The van der Waals surface area contributed by atoms with E-state index in [2.05, 4.69) is 39.0 Å². The number of thiophene rings is 1. The van der Waals surface area contributed by atoms with E-state index in [1.54, 1.807) is 11.3 Å². The molecular weight excluding hydrogens is 358 g/mol. The molecule has 1 amide bonds. The molecule has 0 unspecified atom stereocenters. The van der Waals surface area contributed by atoms with Crippen LogP contribution in [0.25, 0.3) is 21.9 Å². The SMILES string of the molecule is Cc1cscc1-c1cccc2c(C(=O)NCc3cc(=O)[nH]cn3)cccc12. The van der Waals surface area contributed by atoms with Crippen LogP contribution in [0.4, 0.5) is 0 Å². The van der Waals surface area contributed by atoms with E-state index < -0.39 is 0 Å². The molecule has 6 heteroatoms. The van der Waals surface area contributed by atoms with Gasteiger partial charge in [0.15, 0.2) is 0 Å². The maximum Gasteiger partial charge on any atom is 0.252 e. The number of benzene rings is 2. The standard InChI is InChI=1S/C21H17N3O2S/c1-13-10-27-11-19(13)17-6-2-5-16-15(17)4-3-7-18(16)21(26)22-9-14-8-20(25)24-12-23-14/h2-8,10-12H,9H2,1H3,(H,22,26)(H,23,24,25). The summed E-state index contributed by atoms with van der Waals surface area (Å²) in [4.78, 5) is 30.6. The predicted molar refractivity (Wildman–Crippen MR) is 108 cm³/mol. The molecule has 2 heterocycles. The molecule has 0 spiro atoms. The van der Waals surface area contributed by atoms with Crippen LogP contribution in [0.1, 0.15) is 21.6 Å². The molecule has 27 heavy (non-hydrogen) atoms. The van der Waals surface area contributed by atoms with Gasteiger partial charge < -0.3 is 10.3 Å². The van der Waals surface area contributed by atoms with Crippen LogP contribution in [0.2, 0.25) is 0 Å². The molecule has 0 bridgehead atoms. The molecule has 2 aromatic carbocycles. The van der Waals surface area contributed by atoms with Crippen molar-refractivity contribution in [1.82, 2.24) is 15.3 Å². The molecule has 0 fully saturated rings. The number of hydrogen-bond acceptors (Lipinski definition) is 4. The molecule has 4 aromatic rings. The van der Waals surface area contributed by atoms with Crippen molar-refractivity contribution in [2.24, 2.45) is 0 Å². The molecule has 0 radical (unpaired) electrons. The molecule has 0 atom stereocenters. The topological polar surface area (TPSA) is 74.8 Å². The van der Waals surface area contributed by atoms with E-state index in [4.69, 9.17) is 0 Å². The third-order valence-corrected chi connectivity index (χ3v) is 5.34. The molecule has 2 aromatic heterocycles. The number of fused-ring (bicyclic) bond motifs is 1. The molecule has 0 saturated carbocycles. The molecule has 0 aliphatic heterocycles. The van der Waals surface area contributed by atoms with E-state index >= 15 is 0 Å². The van der Waals surface area contributed by atoms with Gasteiger partial charge in [0.05, 0.1) is 18.6 Å². The number of rotatable bonds is 4. The predicted octanol–water partition coefficient (Wildman–Crippen LogP) is 3.89. The first-order valence-electron chi connectivity index (χ1n) is 8.50. The molecule has 2 N–H and O–H groups in total. The molecule has 0 saturated heterocycles. The second-order valence-corrected chi connectivity index (χ2v) is 7.00. The van der Waals surface area contributed by atoms with Crippen LogP contribution in [0, 0.1) is 6.92 Å². The summed E-state index contributed by atoms with van der Waals surface area (Å²) in [7, 11) is 0. The van der Waals surface area contributed by atoms with Crippen molar-refractivity contribution < 1.29 is 4.79 Å². The average Bonchev–Trinajstić information content (AvgIpc) is 3.11. The zero-order valence-electron chi connectivity index (χ0n) is 14.7.